The van der Waals surface area contributed by atoms with Gasteiger partial charge in [-0.05, 0) is 367 Å². The van der Waals surface area contributed by atoms with E-state index in [4.69, 9.17) is 4.74 Å². The van der Waals surface area contributed by atoms with E-state index in [0.29, 0.717) is 38.5 Å². The second kappa shape index (κ2) is 38.7. The highest BCUT2D eigenvalue weighted by atomic mass is 16.5. The average Bonchev–Trinajstić information content (AvgIpc) is 1.64. The largest absolute Gasteiger partial charge is 0.497 e. The van der Waals surface area contributed by atoms with Gasteiger partial charge in [-0.3, -0.25) is 28.8 Å². The van der Waals surface area contributed by atoms with E-state index in [-0.39, 0.29) is 35.4 Å². The molecule has 13 aliphatic rings. The molecule has 1 saturated carbocycles. The Morgan fingerprint density at radius 2 is 0.518 bits per heavy atom. The molecular weight excluding hydrogens is 1710 g/mol. The van der Waals surface area contributed by atoms with Gasteiger partial charge in [-0.1, -0.05) is 235 Å². The highest BCUT2D eigenvalue weighted by Gasteiger charge is 2.37. The van der Waals surface area contributed by atoms with Crippen LogP contribution in [0.15, 0.2) is 243 Å². The summed E-state index contributed by atoms with van der Waals surface area (Å²) in [5, 5.41) is 18.4. The maximum atomic E-state index is 12.4. The summed E-state index contributed by atoms with van der Waals surface area (Å²) in [6.07, 6.45) is 29.8. The van der Waals surface area contributed by atoms with Crippen LogP contribution < -0.4 is 36.6 Å². The number of hydrogen-bond donors (Lipinski definition) is 6. The summed E-state index contributed by atoms with van der Waals surface area (Å²) in [7, 11) is 1.67. The maximum absolute atomic E-state index is 12.4. The molecule has 6 amide bonds. The molecule has 6 aliphatic heterocycles. The molecule has 6 N–H and O–H groups in total. The van der Waals surface area contributed by atoms with Gasteiger partial charge in [0.05, 0.1) is 45.6 Å². The zero-order valence-electron chi connectivity index (χ0n) is 81.2. The number of methoxy groups -OCH3 is 1. The molecular formula is C126H116N6O7. The quantitative estimate of drug-likeness (QED) is 0.0874. The van der Waals surface area contributed by atoms with Crippen molar-refractivity contribution < 1.29 is 33.5 Å². The van der Waals surface area contributed by atoms with Gasteiger partial charge in [0.1, 0.15) is 5.75 Å². The van der Waals surface area contributed by atoms with Crippen LogP contribution >= 0.6 is 0 Å². The molecule has 13 heteroatoms. The molecule has 1 fully saturated rings. The number of ether oxygens (including phenoxy) is 1. The van der Waals surface area contributed by atoms with E-state index >= 15 is 0 Å². The van der Waals surface area contributed by atoms with Crippen molar-refractivity contribution >= 4 is 161 Å². The summed E-state index contributed by atoms with van der Waals surface area (Å²) in [6, 6.07) is 77.1. The van der Waals surface area contributed by atoms with Crippen molar-refractivity contribution in [2.45, 2.75) is 172 Å². The number of amides is 6. The number of carbonyl (C=O) groups excluding carboxylic acids is 6. The Hall–Kier alpha value is -15.3. The molecule has 0 radical (unpaired) electrons. The predicted octanol–water partition coefficient (Wildman–Crippen LogP) is 28.3. The van der Waals surface area contributed by atoms with Crippen molar-refractivity contribution in [1.82, 2.24) is 0 Å². The summed E-state index contributed by atoms with van der Waals surface area (Å²) in [6.45, 7) is 20.8. The number of nitrogens with one attached hydrogen (secondary N) is 6. The lowest BCUT2D eigenvalue weighted by molar-refractivity contribution is -0.116. The molecule has 6 heterocycles. The lowest BCUT2D eigenvalue weighted by Gasteiger charge is -2.12. The average molecular weight is 1830 g/mol. The molecule has 0 spiro atoms. The van der Waals surface area contributed by atoms with Gasteiger partial charge in [0.25, 0.3) is 0 Å². The number of carbonyl (C=O) groups is 6. The van der Waals surface area contributed by atoms with Crippen LogP contribution in [-0.2, 0) is 73.7 Å². The first-order valence-corrected chi connectivity index (χ1v) is 49.1. The minimum absolute atomic E-state index is 0.0470. The van der Waals surface area contributed by atoms with E-state index in [1.54, 1.807) is 7.11 Å². The fraction of sp³-hybridized carbons (Fsp3) is 0.222. The maximum Gasteiger partial charge on any atom is 0.228 e. The Morgan fingerprint density at radius 1 is 0.259 bits per heavy atom. The minimum Gasteiger partial charge on any atom is -0.497 e. The van der Waals surface area contributed by atoms with Crippen molar-refractivity contribution in [2.75, 3.05) is 39.0 Å². The Labute approximate surface area is 815 Å². The van der Waals surface area contributed by atoms with Crippen molar-refractivity contribution in [2.24, 2.45) is 5.92 Å². The Morgan fingerprint density at radius 3 is 0.820 bits per heavy atom. The first-order valence-electron chi connectivity index (χ1n) is 49.1. The van der Waals surface area contributed by atoms with Crippen LogP contribution in [0.5, 0.6) is 5.75 Å². The number of hydrogen-bond acceptors (Lipinski definition) is 7. The minimum atomic E-state index is 0.0470. The fourth-order valence-electron chi connectivity index (χ4n) is 22.1. The van der Waals surface area contributed by atoms with Crippen molar-refractivity contribution in [3.05, 3.63) is 404 Å². The number of fused-ring (bicyclic) bond motifs is 24. The summed E-state index contributed by atoms with van der Waals surface area (Å²) in [5.41, 5.74) is 56.5. The summed E-state index contributed by atoms with van der Waals surface area (Å²) in [4.78, 5) is 74.1. The van der Waals surface area contributed by atoms with Gasteiger partial charge < -0.3 is 36.6 Å². The number of benzene rings is 12. The van der Waals surface area contributed by atoms with Crippen LogP contribution in [0.25, 0.3) is 91.2 Å². The Balaban J connectivity index is 0.000000103. The van der Waals surface area contributed by atoms with Crippen molar-refractivity contribution in [1.29, 1.82) is 0 Å². The van der Waals surface area contributed by atoms with Crippen molar-refractivity contribution in [3.63, 3.8) is 0 Å². The monoisotopic (exact) mass is 1820 g/mol. The third-order valence-corrected chi connectivity index (χ3v) is 28.9. The highest BCUT2D eigenvalue weighted by Crippen LogP contribution is 2.53. The number of rotatable bonds is 8. The van der Waals surface area contributed by atoms with Crippen LogP contribution in [-0.4, -0.2) is 42.6 Å². The summed E-state index contributed by atoms with van der Waals surface area (Å²) in [5.74, 6) is 2.13. The molecule has 25 rings (SSSR count). The van der Waals surface area contributed by atoms with Crippen LogP contribution in [0.2, 0.25) is 0 Å². The van der Waals surface area contributed by atoms with E-state index in [9.17, 15) is 28.8 Å². The number of aryl methyl sites for hydroxylation is 6. The SMILES string of the molecule is C/C=C/c1ccc2c(c1)C1=C(CC(=O)N2)c2cc(C)ccc2C1.C/C=C/c1ccc2c(c1)NC(=O)CC1=C2Cc2ccc(C)cc21.C/C=C\c1ccc2c(c1)C1=C(CC(=O)N2)c2cc(C)ccc2C1.CC/C=C/c1ccc2c(c1)C1=C(CC(=O)N2)c2cc(C)ccc2C1.COc1ccc2c(c1)C1=C(CC(=O)N2)c2cc(C)ccc2C1.Cc1ccc2c(c1)C1=C(C2)c2cc(CC3CC3)ccc2NC(=O)C1. The molecule has 0 atom stereocenters. The highest BCUT2D eigenvalue weighted by molar-refractivity contribution is 6.18. The van der Waals surface area contributed by atoms with E-state index in [1.165, 1.54) is 214 Å². The topological polar surface area (TPSA) is 184 Å². The van der Waals surface area contributed by atoms with Gasteiger partial charge in [-0.2, -0.15) is 0 Å². The second-order valence-electron chi connectivity index (χ2n) is 39.1. The summed E-state index contributed by atoms with van der Waals surface area (Å²) >= 11 is 0. The molecule has 13 nitrogen and oxygen atoms in total. The van der Waals surface area contributed by atoms with E-state index in [1.807, 2.05) is 75.4 Å². The van der Waals surface area contributed by atoms with Crippen LogP contribution in [0.4, 0.5) is 34.1 Å². The van der Waals surface area contributed by atoms with E-state index in [0.717, 1.165) is 124 Å². The van der Waals surface area contributed by atoms with E-state index in [2.05, 4.69) is 293 Å². The van der Waals surface area contributed by atoms with Gasteiger partial charge in [-0.15, -0.1) is 0 Å². The third kappa shape index (κ3) is 19.0. The van der Waals surface area contributed by atoms with Crippen LogP contribution in [0.1, 0.15) is 247 Å². The smallest absolute Gasteiger partial charge is 0.228 e. The fourth-order valence-corrected chi connectivity index (χ4v) is 22.1. The molecule has 0 unspecified atom stereocenters. The molecule has 692 valence electrons. The first-order chi connectivity index (χ1) is 67.4. The van der Waals surface area contributed by atoms with E-state index < -0.39 is 0 Å². The number of allylic oxidation sites excluding steroid dienone is 10. The van der Waals surface area contributed by atoms with Crippen molar-refractivity contribution in [3.8, 4) is 5.75 Å². The van der Waals surface area contributed by atoms with Gasteiger partial charge in [-0.25, -0.2) is 0 Å². The second-order valence-corrected chi connectivity index (χ2v) is 39.1. The molecule has 139 heavy (non-hydrogen) atoms. The third-order valence-electron chi connectivity index (χ3n) is 28.9. The lowest BCUT2D eigenvalue weighted by Crippen LogP contribution is -2.11. The zero-order valence-corrected chi connectivity index (χ0v) is 81.2. The molecule has 12 aromatic carbocycles. The summed E-state index contributed by atoms with van der Waals surface area (Å²) < 4.78 is 5.36. The Kier molecular flexibility index (Phi) is 25.4. The molecule has 0 bridgehead atoms. The first kappa shape index (κ1) is 91.4. The Bertz CT molecular complexity index is 7450. The predicted molar refractivity (Wildman–Crippen MR) is 575 cm³/mol. The van der Waals surface area contributed by atoms with Gasteiger partial charge in [0.2, 0.25) is 35.4 Å². The molecule has 0 aromatic heterocycles. The van der Waals surface area contributed by atoms with Crippen LogP contribution in [0, 0.1) is 47.5 Å². The molecule has 12 aromatic rings. The molecule has 7 aliphatic carbocycles. The standard InChI is InChI=1S/2C22H21NO.3C21H19NO.C19H17NO2/c1-13-2-6-16-11-18-19(17(16)8-13)12-22(24)23-21-7-5-15(10-20(18)21)9-14-3-4-14;1-3-4-5-15-7-9-21-20(11-15)18-12-16-8-6-14(2)10-17(16)19(18)13-22(24)23-21;2*1-3-4-14-6-8-20-19(10-14)17-11-15-7-5-13(2)9-16(15)18(17)12-21(23)22-20;1-3-4-14-6-8-16-18-11-15-7-5-13(2)9-17(15)19(18)12-21(23)22-20(16)10-14;1-11-3-4-12-8-15-16(14(12)7-11)10-19(21)20-18-6-5-13(22-2)9-17(15)18/h2,5-8,10,14H,3-4,9,11-12H2,1H3,(H,23,24);4-11H,3,12-13H2,1-2H3,(H,23,24);3*3-10H,11-12H2,1-2H3,(H,22,23);3-7,9H,8,10H2,1-2H3,(H,20,21)/b;5-4+;4-3+;4-3-;4-3+;. The normalized spacial score (nSPS) is 16.4. The van der Waals surface area contributed by atoms with Gasteiger partial charge in [0, 0.05) is 67.5 Å². The van der Waals surface area contributed by atoms with Gasteiger partial charge >= 0.3 is 0 Å². The molecule has 0 saturated heterocycles. The zero-order chi connectivity index (χ0) is 96.1. The van der Waals surface area contributed by atoms with Crippen LogP contribution in [0.3, 0.4) is 0 Å². The lowest BCUT2D eigenvalue weighted by atomic mass is 9.95. The number of anilines is 6. The van der Waals surface area contributed by atoms with Gasteiger partial charge in [0.15, 0.2) is 0 Å².